The number of para-hydroxylation sites is 1. The molecule has 2 aromatic carbocycles. The molecule has 0 heterocycles. The number of hydrogen-bond acceptors (Lipinski definition) is 7. The maximum absolute atomic E-state index is 12.4. The average molecular weight is 418 g/mol. The number of non-ortho nitro benzene ring substituents is 1. The highest BCUT2D eigenvalue weighted by atomic mass is 32.2. The molecule has 0 aromatic heterocycles. The molecule has 0 bridgehead atoms. The van der Waals surface area contributed by atoms with Gasteiger partial charge in [-0.25, -0.2) is 4.79 Å². The van der Waals surface area contributed by atoms with Gasteiger partial charge < -0.3 is 14.8 Å². The Morgan fingerprint density at radius 3 is 2.45 bits per heavy atom. The van der Waals surface area contributed by atoms with Gasteiger partial charge in [0.15, 0.2) is 6.61 Å². The summed E-state index contributed by atoms with van der Waals surface area (Å²) in [5.74, 6) is 0.235. The van der Waals surface area contributed by atoms with Crippen molar-refractivity contribution in [3.8, 4) is 5.75 Å². The van der Waals surface area contributed by atoms with Crippen molar-refractivity contribution in [1.29, 1.82) is 0 Å². The molecule has 0 aliphatic heterocycles. The van der Waals surface area contributed by atoms with Crippen LogP contribution in [-0.4, -0.2) is 41.5 Å². The summed E-state index contributed by atoms with van der Waals surface area (Å²) in [4.78, 5) is 34.8. The van der Waals surface area contributed by atoms with Gasteiger partial charge in [0.25, 0.3) is 11.6 Å². The normalized spacial score (nSPS) is 11.3. The van der Waals surface area contributed by atoms with Gasteiger partial charge in [-0.3, -0.25) is 14.9 Å². The summed E-state index contributed by atoms with van der Waals surface area (Å²) < 4.78 is 10.7. The number of carbonyl (C=O) groups excluding carboxylic acids is 2. The number of rotatable bonds is 11. The van der Waals surface area contributed by atoms with Crippen molar-refractivity contribution in [1.82, 2.24) is 5.32 Å². The number of nitrogens with one attached hydrogen (secondary N) is 1. The van der Waals surface area contributed by atoms with Crippen LogP contribution in [0.4, 0.5) is 5.69 Å². The Bertz CT molecular complexity index is 813. The number of thioether (sulfide) groups is 1. The van der Waals surface area contributed by atoms with E-state index in [0.29, 0.717) is 23.5 Å². The van der Waals surface area contributed by atoms with Crippen LogP contribution in [0, 0.1) is 10.1 Å². The van der Waals surface area contributed by atoms with Crippen molar-refractivity contribution in [2.45, 2.75) is 19.1 Å². The van der Waals surface area contributed by atoms with E-state index in [1.165, 1.54) is 24.3 Å². The minimum Gasteiger partial charge on any atom is -0.484 e. The summed E-state index contributed by atoms with van der Waals surface area (Å²) in [5, 5.41) is 13.3. The number of esters is 1. The predicted molar refractivity (Wildman–Crippen MR) is 110 cm³/mol. The molecule has 0 fully saturated rings. The molecule has 0 saturated carbocycles. The summed E-state index contributed by atoms with van der Waals surface area (Å²) in [7, 11) is 0. The minimum absolute atomic E-state index is 0.0383. The first-order valence-corrected chi connectivity index (χ1v) is 10.2. The molecule has 2 rings (SSSR count). The molecule has 0 unspecified atom stereocenters. The number of ether oxygens (including phenoxy) is 2. The fourth-order valence-electron chi connectivity index (χ4n) is 2.36. The van der Waals surface area contributed by atoms with E-state index in [9.17, 15) is 19.7 Å². The molecule has 29 heavy (non-hydrogen) atoms. The van der Waals surface area contributed by atoms with Gasteiger partial charge in [0.05, 0.1) is 4.92 Å². The van der Waals surface area contributed by atoms with Gasteiger partial charge in [-0.05, 0) is 48.3 Å². The topological polar surface area (TPSA) is 108 Å². The van der Waals surface area contributed by atoms with Crippen molar-refractivity contribution in [2.75, 3.05) is 18.6 Å². The Kier molecular flexibility index (Phi) is 8.97. The maximum atomic E-state index is 12.4. The van der Waals surface area contributed by atoms with Crippen LogP contribution in [-0.2, 0) is 20.9 Å². The van der Waals surface area contributed by atoms with E-state index < -0.39 is 22.8 Å². The van der Waals surface area contributed by atoms with Gasteiger partial charge in [-0.2, -0.15) is 11.8 Å². The summed E-state index contributed by atoms with van der Waals surface area (Å²) in [6.45, 7) is -0.252. The van der Waals surface area contributed by atoms with Crippen LogP contribution < -0.4 is 10.1 Å². The van der Waals surface area contributed by atoms with E-state index in [0.717, 1.165) is 0 Å². The molecule has 1 amide bonds. The summed E-state index contributed by atoms with van der Waals surface area (Å²) in [6.07, 6.45) is 2.32. The largest absolute Gasteiger partial charge is 0.484 e. The van der Waals surface area contributed by atoms with Crippen molar-refractivity contribution < 1.29 is 24.0 Å². The standard InChI is InChI=1S/C20H22N2O6S/c1-29-12-11-18(21-19(23)14-27-17-5-3-2-4-6-17)20(24)28-13-15-7-9-16(10-8-15)22(25)26/h2-10,18H,11-14H2,1H3,(H,21,23)/t18-/m0/s1. The second-order valence-corrected chi connectivity index (χ2v) is 7.02. The third kappa shape index (κ3) is 7.82. The van der Waals surface area contributed by atoms with Gasteiger partial charge in [0.1, 0.15) is 18.4 Å². The molecule has 154 valence electrons. The van der Waals surface area contributed by atoms with E-state index in [1.54, 1.807) is 36.0 Å². The van der Waals surface area contributed by atoms with Gasteiger partial charge in [0.2, 0.25) is 0 Å². The summed E-state index contributed by atoms with van der Waals surface area (Å²) >= 11 is 1.55. The molecule has 0 radical (unpaired) electrons. The third-order valence-corrected chi connectivity index (χ3v) is 4.52. The summed E-state index contributed by atoms with van der Waals surface area (Å²) in [6, 6.07) is 13.8. The van der Waals surface area contributed by atoms with Gasteiger partial charge in [-0.15, -0.1) is 0 Å². The molecule has 0 spiro atoms. The number of nitro groups is 1. The molecular formula is C20H22N2O6S. The van der Waals surface area contributed by atoms with Crippen LogP contribution in [0.25, 0.3) is 0 Å². The smallest absolute Gasteiger partial charge is 0.329 e. The Morgan fingerprint density at radius 2 is 1.83 bits per heavy atom. The van der Waals surface area contributed by atoms with Crippen LogP contribution in [0.3, 0.4) is 0 Å². The number of hydrogen-bond donors (Lipinski definition) is 1. The van der Waals surface area contributed by atoms with E-state index in [4.69, 9.17) is 9.47 Å². The first kappa shape index (κ1) is 22.2. The molecule has 8 nitrogen and oxygen atoms in total. The highest BCUT2D eigenvalue weighted by Crippen LogP contribution is 2.13. The van der Waals surface area contributed by atoms with Crippen LogP contribution in [0.1, 0.15) is 12.0 Å². The highest BCUT2D eigenvalue weighted by molar-refractivity contribution is 7.98. The lowest BCUT2D eigenvalue weighted by molar-refractivity contribution is -0.384. The summed E-state index contributed by atoms with van der Waals surface area (Å²) in [5.41, 5.74) is 0.579. The third-order valence-electron chi connectivity index (χ3n) is 3.87. The van der Waals surface area contributed by atoms with E-state index in [2.05, 4.69) is 5.32 Å². The fourth-order valence-corrected chi connectivity index (χ4v) is 2.83. The van der Waals surface area contributed by atoms with Crippen molar-refractivity contribution >= 4 is 29.3 Å². The number of amides is 1. The predicted octanol–water partition coefficient (Wildman–Crippen LogP) is 2.95. The number of nitrogens with zero attached hydrogens (tertiary/aromatic N) is 1. The lowest BCUT2D eigenvalue weighted by atomic mass is 10.2. The van der Waals surface area contributed by atoms with E-state index >= 15 is 0 Å². The molecule has 0 aliphatic rings. The first-order valence-electron chi connectivity index (χ1n) is 8.85. The highest BCUT2D eigenvalue weighted by Gasteiger charge is 2.22. The molecule has 1 atom stereocenters. The van der Waals surface area contributed by atoms with Gasteiger partial charge in [0, 0.05) is 12.1 Å². The first-order chi connectivity index (χ1) is 14.0. The van der Waals surface area contributed by atoms with Crippen molar-refractivity contribution in [3.63, 3.8) is 0 Å². The SMILES string of the molecule is CSCC[C@H](NC(=O)COc1ccccc1)C(=O)OCc1ccc([N+](=O)[O-])cc1. The van der Waals surface area contributed by atoms with Crippen molar-refractivity contribution in [3.05, 3.63) is 70.3 Å². The van der Waals surface area contributed by atoms with Crippen molar-refractivity contribution in [2.24, 2.45) is 0 Å². The van der Waals surface area contributed by atoms with Gasteiger partial charge in [-0.1, -0.05) is 18.2 Å². The fraction of sp³-hybridized carbons (Fsp3) is 0.300. The molecule has 0 saturated heterocycles. The van der Waals surface area contributed by atoms with E-state index in [-0.39, 0.29) is 18.9 Å². The quantitative estimate of drug-likeness (QED) is 0.339. The Balaban J connectivity index is 1.87. The zero-order valence-electron chi connectivity index (χ0n) is 15.9. The second-order valence-electron chi connectivity index (χ2n) is 6.03. The molecule has 2 aromatic rings. The lowest BCUT2D eigenvalue weighted by Gasteiger charge is -2.17. The Labute approximate surface area is 172 Å². The maximum Gasteiger partial charge on any atom is 0.329 e. The number of benzene rings is 2. The molecule has 0 aliphatic carbocycles. The lowest BCUT2D eigenvalue weighted by Crippen LogP contribution is -2.44. The molecule has 1 N–H and O–H groups in total. The number of nitro benzene ring substituents is 1. The zero-order valence-corrected chi connectivity index (χ0v) is 16.7. The minimum atomic E-state index is -0.799. The second kappa shape index (κ2) is 11.7. The molecule has 9 heteroatoms. The molecular weight excluding hydrogens is 396 g/mol. The van der Waals surface area contributed by atoms with Crippen LogP contribution in [0.2, 0.25) is 0 Å². The van der Waals surface area contributed by atoms with Crippen LogP contribution in [0.5, 0.6) is 5.75 Å². The van der Waals surface area contributed by atoms with Crippen LogP contribution in [0.15, 0.2) is 54.6 Å². The Hall–Kier alpha value is -3.07. The van der Waals surface area contributed by atoms with Crippen LogP contribution >= 0.6 is 11.8 Å². The number of carbonyl (C=O) groups is 2. The Morgan fingerprint density at radius 1 is 1.14 bits per heavy atom. The zero-order chi connectivity index (χ0) is 21.1. The van der Waals surface area contributed by atoms with E-state index in [1.807, 2.05) is 12.3 Å². The van der Waals surface area contributed by atoms with Gasteiger partial charge >= 0.3 is 5.97 Å². The monoisotopic (exact) mass is 418 g/mol. The average Bonchev–Trinajstić information content (AvgIpc) is 2.74.